The maximum absolute atomic E-state index is 12.0. The maximum atomic E-state index is 12.0. The van der Waals surface area contributed by atoms with E-state index in [1.165, 1.54) is 7.11 Å². The Labute approximate surface area is 111 Å². The molecule has 0 aromatic heterocycles. The second-order valence-corrected chi connectivity index (χ2v) is 4.53. The molecule has 0 saturated heterocycles. The predicted molar refractivity (Wildman–Crippen MR) is 69.0 cm³/mol. The number of esters is 1. The van der Waals surface area contributed by atoms with E-state index in [0.29, 0.717) is 11.3 Å². The Morgan fingerprint density at radius 1 is 1.32 bits per heavy atom. The first-order valence-electron chi connectivity index (χ1n) is 6.26. The Hall–Kier alpha value is -2.04. The number of nitrogens with one attached hydrogen (secondary N) is 1. The van der Waals surface area contributed by atoms with Crippen LogP contribution in [0.3, 0.4) is 0 Å². The van der Waals surface area contributed by atoms with Gasteiger partial charge in [-0.1, -0.05) is 12.1 Å². The molecule has 1 aromatic rings. The molecule has 1 atom stereocenters. The summed E-state index contributed by atoms with van der Waals surface area (Å²) in [4.78, 5) is 23.7. The summed E-state index contributed by atoms with van der Waals surface area (Å²) in [6.07, 6.45) is 1.19. The fourth-order valence-corrected chi connectivity index (χ4v) is 1.64. The van der Waals surface area contributed by atoms with Crippen LogP contribution in [0.25, 0.3) is 0 Å². The lowest BCUT2D eigenvalue weighted by Gasteiger charge is -2.14. The van der Waals surface area contributed by atoms with Crippen LogP contribution in [0.1, 0.15) is 30.1 Å². The van der Waals surface area contributed by atoms with Crippen LogP contribution in [0.2, 0.25) is 0 Å². The molecule has 1 saturated carbocycles. The molecule has 0 heterocycles. The zero-order valence-corrected chi connectivity index (χ0v) is 11.0. The van der Waals surface area contributed by atoms with Crippen molar-refractivity contribution in [2.24, 2.45) is 0 Å². The van der Waals surface area contributed by atoms with Crippen molar-refractivity contribution in [2.75, 3.05) is 7.11 Å². The number of ether oxygens (including phenoxy) is 2. The molecule has 1 aliphatic rings. The van der Waals surface area contributed by atoms with Gasteiger partial charge in [0.1, 0.15) is 11.3 Å². The van der Waals surface area contributed by atoms with E-state index in [0.717, 1.165) is 12.8 Å². The molecule has 0 radical (unpaired) electrons. The lowest BCUT2D eigenvalue weighted by atomic mass is 10.2. The van der Waals surface area contributed by atoms with Gasteiger partial charge in [0.25, 0.3) is 5.91 Å². The third-order valence-electron chi connectivity index (χ3n) is 2.90. The lowest BCUT2D eigenvalue weighted by molar-refractivity contribution is -0.129. The second-order valence-electron chi connectivity index (χ2n) is 4.53. The average Bonchev–Trinajstić information content (AvgIpc) is 3.22. The molecule has 19 heavy (non-hydrogen) atoms. The quantitative estimate of drug-likeness (QED) is 0.818. The van der Waals surface area contributed by atoms with Crippen LogP contribution in [0.15, 0.2) is 24.3 Å². The zero-order valence-electron chi connectivity index (χ0n) is 11.0. The van der Waals surface area contributed by atoms with Gasteiger partial charge in [-0.3, -0.25) is 4.79 Å². The summed E-state index contributed by atoms with van der Waals surface area (Å²) in [6.45, 7) is 1.56. The van der Waals surface area contributed by atoms with Crippen LogP contribution in [-0.4, -0.2) is 31.1 Å². The minimum absolute atomic E-state index is 0.250. The van der Waals surface area contributed by atoms with Crippen molar-refractivity contribution in [3.05, 3.63) is 29.8 Å². The Bertz CT molecular complexity index is 482. The van der Waals surface area contributed by atoms with Gasteiger partial charge >= 0.3 is 5.97 Å². The number of carbonyl (C=O) groups is 2. The van der Waals surface area contributed by atoms with Gasteiger partial charge in [-0.2, -0.15) is 0 Å². The molecule has 1 N–H and O–H groups in total. The van der Waals surface area contributed by atoms with Gasteiger partial charge in [-0.05, 0) is 31.9 Å². The Balaban J connectivity index is 1.97. The van der Waals surface area contributed by atoms with Gasteiger partial charge in [-0.25, -0.2) is 4.79 Å². The number of methoxy groups -OCH3 is 1. The first-order chi connectivity index (χ1) is 9.11. The third-order valence-corrected chi connectivity index (χ3v) is 2.90. The predicted octanol–water partition coefficient (Wildman–Crippen LogP) is 1.52. The Morgan fingerprint density at radius 3 is 2.63 bits per heavy atom. The molecule has 5 nitrogen and oxygen atoms in total. The van der Waals surface area contributed by atoms with E-state index in [4.69, 9.17) is 9.47 Å². The maximum Gasteiger partial charge on any atom is 0.342 e. The van der Waals surface area contributed by atoms with Crippen molar-refractivity contribution < 1.29 is 19.1 Å². The molecule has 0 spiro atoms. The van der Waals surface area contributed by atoms with Crippen LogP contribution in [-0.2, 0) is 9.53 Å². The van der Waals surface area contributed by atoms with Crippen molar-refractivity contribution in [3.63, 3.8) is 0 Å². The van der Waals surface area contributed by atoms with E-state index in [2.05, 4.69) is 5.32 Å². The van der Waals surface area contributed by atoms with Gasteiger partial charge in [0.15, 0.2) is 6.10 Å². The smallest absolute Gasteiger partial charge is 0.342 e. The van der Waals surface area contributed by atoms with Crippen molar-refractivity contribution >= 4 is 11.9 Å². The highest BCUT2D eigenvalue weighted by Gasteiger charge is 2.27. The summed E-state index contributed by atoms with van der Waals surface area (Å²) in [7, 11) is 1.48. The van der Waals surface area contributed by atoms with Gasteiger partial charge in [-0.15, -0.1) is 0 Å². The number of rotatable bonds is 5. The number of amides is 1. The van der Waals surface area contributed by atoms with Crippen LogP contribution in [0.4, 0.5) is 0 Å². The molecular weight excluding hydrogens is 246 g/mol. The van der Waals surface area contributed by atoms with Crippen molar-refractivity contribution in [1.82, 2.24) is 5.32 Å². The largest absolute Gasteiger partial charge is 0.496 e. The molecule has 1 aromatic carbocycles. The molecule has 1 fully saturated rings. The fourth-order valence-electron chi connectivity index (χ4n) is 1.64. The monoisotopic (exact) mass is 263 g/mol. The minimum Gasteiger partial charge on any atom is -0.496 e. The van der Waals surface area contributed by atoms with E-state index < -0.39 is 12.1 Å². The average molecular weight is 263 g/mol. The molecule has 0 aliphatic heterocycles. The SMILES string of the molecule is COc1ccccc1C(=O)O[C@@H](C)C(=O)NC1CC1. The van der Waals surface area contributed by atoms with Gasteiger partial charge in [0.05, 0.1) is 7.11 Å². The van der Waals surface area contributed by atoms with Crippen molar-refractivity contribution in [2.45, 2.75) is 31.9 Å². The topological polar surface area (TPSA) is 64.6 Å². The van der Waals surface area contributed by atoms with E-state index in [1.54, 1.807) is 31.2 Å². The molecule has 2 rings (SSSR count). The molecular formula is C14H17NO4. The highest BCUT2D eigenvalue weighted by atomic mass is 16.5. The van der Waals surface area contributed by atoms with Crippen LogP contribution in [0, 0.1) is 0 Å². The van der Waals surface area contributed by atoms with Gasteiger partial charge in [0.2, 0.25) is 0 Å². The highest BCUT2D eigenvalue weighted by Crippen LogP contribution is 2.20. The second kappa shape index (κ2) is 5.73. The zero-order chi connectivity index (χ0) is 13.8. The van der Waals surface area contributed by atoms with Crippen molar-refractivity contribution in [3.8, 4) is 5.75 Å². The summed E-state index contributed by atoms with van der Waals surface area (Å²) in [5.74, 6) is -0.385. The minimum atomic E-state index is -0.807. The lowest BCUT2D eigenvalue weighted by Crippen LogP contribution is -2.37. The van der Waals surface area contributed by atoms with Crippen LogP contribution < -0.4 is 10.1 Å². The number of hydrogen-bond donors (Lipinski definition) is 1. The number of benzene rings is 1. The normalized spacial score (nSPS) is 15.5. The summed E-state index contributed by atoms with van der Waals surface area (Å²) in [6, 6.07) is 7.00. The summed E-state index contributed by atoms with van der Waals surface area (Å²) in [5.41, 5.74) is 0.316. The number of carbonyl (C=O) groups excluding carboxylic acids is 2. The number of para-hydroxylation sites is 1. The highest BCUT2D eigenvalue weighted by molar-refractivity contribution is 5.94. The standard InChI is InChI=1S/C14H17NO4/c1-9(13(16)15-10-7-8-10)19-14(17)11-5-3-4-6-12(11)18-2/h3-6,9-10H,7-8H2,1-2H3,(H,15,16)/t9-/m0/s1. The molecule has 0 bridgehead atoms. The number of hydrogen-bond acceptors (Lipinski definition) is 4. The van der Waals surface area contributed by atoms with E-state index in [9.17, 15) is 9.59 Å². The Morgan fingerprint density at radius 2 is 2.00 bits per heavy atom. The molecule has 102 valence electrons. The Kier molecular flexibility index (Phi) is 4.04. The molecule has 1 amide bonds. The van der Waals surface area contributed by atoms with Crippen molar-refractivity contribution in [1.29, 1.82) is 0 Å². The van der Waals surface area contributed by atoms with Crippen LogP contribution in [0.5, 0.6) is 5.75 Å². The van der Waals surface area contributed by atoms with Crippen LogP contribution >= 0.6 is 0 Å². The third kappa shape index (κ3) is 3.47. The summed E-state index contributed by atoms with van der Waals surface area (Å²) < 4.78 is 10.2. The summed E-state index contributed by atoms with van der Waals surface area (Å²) >= 11 is 0. The van der Waals surface area contributed by atoms with E-state index >= 15 is 0 Å². The van der Waals surface area contributed by atoms with E-state index in [1.807, 2.05) is 0 Å². The fraction of sp³-hybridized carbons (Fsp3) is 0.429. The first-order valence-corrected chi connectivity index (χ1v) is 6.26. The first kappa shape index (κ1) is 13.4. The van der Waals surface area contributed by atoms with Gasteiger partial charge in [0, 0.05) is 6.04 Å². The molecule has 0 unspecified atom stereocenters. The summed E-state index contributed by atoms with van der Waals surface area (Å²) in [5, 5.41) is 2.79. The van der Waals surface area contributed by atoms with Gasteiger partial charge < -0.3 is 14.8 Å². The molecule has 1 aliphatic carbocycles. The van der Waals surface area contributed by atoms with E-state index in [-0.39, 0.29) is 11.9 Å². The molecule has 5 heteroatoms.